The first-order valence-electron chi connectivity index (χ1n) is 6.33. The van der Waals surface area contributed by atoms with Gasteiger partial charge in [0.25, 0.3) is 0 Å². The second-order valence-electron chi connectivity index (χ2n) is 5.50. The Kier molecular flexibility index (Phi) is 2.36. The number of hydrogen-bond donors (Lipinski definition) is 1. The molecule has 92 valence electrons. The lowest BCUT2D eigenvalue weighted by atomic mass is 9.80. The predicted octanol–water partition coefficient (Wildman–Crippen LogP) is 0.853. The van der Waals surface area contributed by atoms with Crippen LogP contribution in [0.2, 0.25) is 0 Å². The van der Waals surface area contributed by atoms with E-state index in [4.69, 9.17) is 0 Å². The Morgan fingerprint density at radius 2 is 1.71 bits per heavy atom. The van der Waals surface area contributed by atoms with E-state index in [0.29, 0.717) is 25.7 Å². The van der Waals surface area contributed by atoms with Crippen LogP contribution in [0.5, 0.6) is 0 Å². The zero-order valence-corrected chi connectivity index (χ0v) is 9.76. The molecular formula is C13H17NO3. The maximum absolute atomic E-state index is 12.1. The summed E-state index contributed by atoms with van der Waals surface area (Å²) in [6.07, 6.45) is 7.70. The first kappa shape index (κ1) is 11.0. The number of hydrogen-bond acceptors (Lipinski definition) is 3. The van der Waals surface area contributed by atoms with Gasteiger partial charge in [0.2, 0.25) is 11.8 Å². The molecule has 0 aromatic rings. The number of likely N-dealkylation sites (tertiary alicyclic amines) is 1. The van der Waals surface area contributed by atoms with Gasteiger partial charge in [-0.05, 0) is 32.1 Å². The third kappa shape index (κ3) is 1.62. The lowest BCUT2D eigenvalue weighted by Crippen LogP contribution is -2.50. The van der Waals surface area contributed by atoms with Gasteiger partial charge in [-0.25, -0.2) is 0 Å². The molecule has 2 fully saturated rings. The Hall–Kier alpha value is -1.16. The predicted molar refractivity (Wildman–Crippen MR) is 60.9 cm³/mol. The average Bonchev–Trinajstić information content (AvgIpc) is 2.53. The quantitative estimate of drug-likeness (QED) is 0.570. The fraction of sp³-hybridized carbons (Fsp3) is 0.692. The molecule has 1 heterocycles. The Morgan fingerprint density at radius 3 is 2.12 bits per heavy atom. The number of allylic oxidation sites excluding steroid dienone is 2. The van der Waals surface area contributed by atoms with Crippen molar-refractivity contribution in [1.29, 1.82) is 0 Å². The van der Waals surface area contributed by atoms with E-state index in [1.54, 1.807) is 0 Å². The highest BCUT2D eigenvalue weighted by Gasteiger charge is 2.50. The van der Waals surface area contributed by atoms with E-state index in [2.05, 4.69) is 0 Å². The summed E-state index contributed by atoms with van der Waals surface area (Å²) in [4.78, 5) is 25.6. The van der Waals surface area contributed by atoms with Gasteiger partial charge in [-0.3, -0.25) is 14.5 Å². The number of β-amino-alcohol motifs (C(OH)–C–C–N with tert-alkyl or cyclic N) is 1. The van der Waals surface area contributed by atoms with Gasteiger partial charge in [0.05, 0.1) is 24.0 Å². The van der Waals surface area contributed by atoms with E-state index in [0.717, 1.165) is 6.42 Å². The molecule has 2 aliphatic carbocycles. The summed E-state index contributed by atoms with van der Waals surface area (Å²) < 4.78 is 0. The normalized spacial score (nSPS) is 34.8. The standard InChI is InChI=1S/C13H17NO3/c15-11-9-4-1-2-5-10(9)12(16)14(11)8-13(17)6-3-7-13/h1-2,9-10,17H,3-8H2/t9-,10+. The smallest absolute Gasteiger partial charge is 0.233 e. The van der Waals surface area contributed by atoms with E-state index in [1.165, 1.54) is 4.90 Å². The van der Waals surface area contributed by atoms with Gasteiger partial charge < -0.3 is 5.11 Å². The largest absolute Gasteiger partial charge is 0.388 e. The van der Waals surface area contributed by atoms with Gasteiger partial charge in [0.1, 0.15) is 0 Å². The van der Waals surface area contributed by atoms with Gasteiger partial charge in [-0.2, -0.15) is 0 Å². The van der Waals surface area contributed by atoms with E-state index < -0.39 is 5.60 Å². The third-order valence-electron chi connectivity index (χ3n) is 4.34. The van der Waals surface area contributed by atoms with Crippen LogP contribution in [-0.4, -0.2) is 34.0 Å². The fourth-order valence-corrected chi connectivity index (χ4v) is 3.06. The fourth-order valence-electron chi connectivity index (χ4n) is 3.06. The monoisotopic (exact) mass is 235 g/mol. The number of nitrogens with zero attached hydrogens (tertiary/aromatic N) is 1. The van der Waals surface area contributed by atoms with E-state index in [-0.39, 0.29) is 30.2 Å². The van der Waals surface area contributed by atoms with Crippen molar-refractivity contribution in [3.63, 3.8) is 0 Å². The van der Waals surface area contributed by atoms with Crippen LogP contribution < -0.4 is 0 Å². The van der Waals surface area contributed by atoms with Crippen molar-refractivity contribution in [1.82, 2.24) is 4.90 Å². The van der Waals surface area contributed by atoms with Gasteiger partial charge in [-0.15, -0.1) is 0 Å². The van der Waals surface area contributed by atoms with Gasteiger partial charge in [0.15, 0.2) is 0 Å². The molecule has 3 rings (SSSR count). The molecule has 0 spiro atoms. The zero-order chi connectivity index (χ0) is 12.0. The number of amides is 2. The van der Waals surface area contributed by atoms with Crippen molar-refractivity contribution in [2.75, 3.05) is 6.54 Å². The molecule has 0 unspecified atom stereocenters. The number of carbonyl (C=O) groups is 2. The summed E-state index contributed by atoms with van der Waals surface area (Å²) in [5.74, 6) is -0.498. The van der Waals surface area contributed by atoms with Crippen molar-refractivity contribution in [3.05, 3.63) is 12.2 Å². The van der Waals surface area contributed by atoms with E-state index >= 15 is 0 Å². The van der Waals surface area contributed by atoms with Gasteiger partial charge in [-0.1, -0.05) is 12.2 Å². The van der Waals surface area contributed by atoms with Crippen molar-refractivity contribution < 1.29 is 14.7 Å². The van der Waals surface area contributed by atoms with E-state index in [1.807, 2.05) is 12.2 Å². The highest BCUT2D eigenvalue weighted by Crippen LogP contribution is 2.39. The van der Waals surface area contributed by atoms with Crippen LogP contribution >= 0.6 is 0 Å². The summed E-state index contributed by atoms with van der Waals surface area (Å²) in [6, 6.07) is 0. The molecule has 17 heavy (non-hydrogen) atoms. The molecule has 1 saturated carbocycles. The Labute approximate surface area is 100 Å². The molecule has 1 saturated heterocycles. The summed E-state index contributed by atoms with van der Waals surface area (Å²) >= 11 is 0. The maximum atomic E-state index is 12.1. The first-order valence-corrected chi connectivity index (χ1v) is 6.33. The molecule has 2 amide bonds. The Bertz CT molecular complexity index is 371. The lowest BCUT2D eigenvalue weighted by Gasteiger charge is -2.38. The molecule has 0 aromatic heterocycles. The third-order valence-corrected chi connectivity index (χ3v) is 4.34. The van der Waals surface area contributed by atoms with Gasteiger partial charge >= 0.3 is 0 Å². The summed E-state index contributed by atoms with van der Waals surface area (Å²) in [5, 5.41) is 10.1. The Balaban J connectivity index is 1.78. The van der Waals surface area contributed by atoms with Crippen molar-refractivity contribution in [2.24, 2.45) is 11.8 Å². The van der Waals surface area contributed by atoms with Crippen molar-refractivity contribution in [2.45, 2.75) is 37.7 Å². The lowest BCUT2D eigenvalue weighted by molar-refractivity contribution is -0.147. The number of rotatable bonds is 2. The minimum atomic E-state index is -0.799. The van der Waals surface area contributed by atoms with Crippen LogP contribution in [0.1, 0.15) is 32.1 Å². The number of fused-ring (bicyclic) bond motifs is 1. The van der Waals surface area contributed by atoms with Crippen LogP contribution in [0, 0.1) is 11.8 Å². The number of aliphatic hydroxyl groups is 1. The molecule has 2 atom stereocenters. The minimum absolute atomic E-state index is 0.0790. The first-order chi connectivity index (χ1) is 8.11. The van der Waals surface area contributed by atoms with Crippen LogP contribution in [0.15, 0.2) is 12.2 Å². The molecule has 0 radical (unpaired) electrons. The van der Waals surface area contributed by atoms with Crippen LogP contribution in [0.3, 0.4) is 0 Å². The molecule has 4 nitrogen and oxygen atoms in total. The maximum Gasteiger partial charge on any atom is 0.233 e. The second-order valence-corrected chi connectivity index (χ2v) is 5.50. The average molecular weight is 235 g/mol. The number of carbonyl (C=O) groups excluding carboxylic acids is 2. The summed E-state index contributed by atoms with van der Waals surface area (Å²) in [7, 11) is 0. The molecule has 1 N–H and O–H groups in total. The van der Waals surface area contributed by atoms with Gasteiger partial charge in [0, 0.05) is 0 Å². The number of imide groups is 1. The molecular weight excluding hydrogens is 218 g/mol. The Morgan fingerprint density at radius 1 is 1.18 bits per heavy atom. The molecule has 0 bridgehead atoms. The molecule has 1 aliphatic heterocycles. The topological polar surface area (TPSA) is 57.6 Å². The SMILES string of the molecule is O=C1[C@H]2CC=CC[C@H]2C(=O)N1CC1(O)CCC1. The zero-order valence-electron chi connectivity index (χ0n) is 9.76. The van der Waals surface area contributed by atoms with Crippen LogP contribution in [0.4, 0.5) is 0 Å². The minimum Gasteiger partial charge on any atom is -0.388 e. The van der Waals surface area contributed by atoms with Crippen LogP contribution in [0.25, 0.3) is 0 Å². The summed E-state index contributed by atoms with van der Waals surface area (Å²) in [5.41, 5.74) is -0.799. The van der Waals surface area contributed by atoms with Crippen molar-refractivity contribution in [3.8, 4) is 0 Å². The summed E-state index contributed by atoms with van der Waals surface area (Å²) in [6.45, 7) is 0.206. The second kappa shape index (κ2) is 3.67. The van der Waals surface area contributed by atoms with E-state index in [9.17, 15) is 14.7 Å². The van der Waals surface area contributed by atoms with Crippen molar-refractivity contribution >= 4 is 11.8 Å². The molecule has 3 aliphatic rings. The highest BCUT2D eigenvalue weighted by atomic mass is 16.3. The molecule has 4 heteroatoms. The highest BCUT2D eigenvalue weighted by molar-refractivity contribution is 6.05. The molecule has 0 aromatic carbocycles. The van der Waals surface area contributed by atoms with Crippen LogP contribution in [-0.2, 0) is 9.59 Å².